The van der Waals surface area contributed by atoms with Crippen LogP contribution in [0.2, 0.25) is 0 Å². The molecule has 6 heteroatoms. The molecule has 0 aliphatic heterocycles. The molecule has 58 valence electrons. The number of carbonyl (C=O) groups is 2. The molecule has 11 heavy (non-hydrogen) atoms. The Kier molecular flexibility index (Phi) is 2.27. The molecule has 0 radical (unpaired) electrons. The first-order valence-electron chi connectivity index (χ1n) is 2.72. The molecule has 0 aliphatic rings. The summed E-state index contributed by atoms with van der Waals surface area (Å²) < 4.78 is 7.30. The van der Waals surface area contributed by atoms with Crippen molar-refractivity contribution in [2.45, 2.75) is 6.42 Å². The van der Waals surface area contributed by atoms with E-state index in [0.29, 0.717) is 5.69 Å². The van der Waals surface area contributed by atoms with E-state index in [2.05, 4.69) is 8.75 Å². The second-order valence-electron chi connectivity index (χ2n) is 1.80. The zero-order valence-electron chi connectivity index (χ0n) is 5.35. The summed E-state index contributed by atoms with van der Waals surface area (Å²) in [7, 11) is 0. The minimum Gasteiger partial charge on any atom is -0.475 e. The van der Waals surface area contributed by atoms with Gasteiger partial charge >= 0.3 is 5.97 Å². The normalized spacial score (nSPS) is 9.45. The molecular formula is C5H4N2O3S. The van der Waals surface area contributed by atoms with Crippen molar-refractivity contribution in [3.05, 3.63) is 11.9 Å². The highest BCUT2D eigenvalue weighted by molar-refractivity contribution is 6.99. The first-order valence-corrected chi connectivity index (χ1v) is 3.45. The van der Waals surface area contributed by atoms with E-state index in [1.165, 1.54) is 6.20 Å². The number of aromatic nitrogens is 2. The molecule has 1 N–H and O–H groups in total. The first kappa shape index (κ1) is 7.80. The smallest absolute Gasteiger partial charge is 0.372 e. The van der Waals surface area contributed by atoms with E-state index < -0.39 is 11.8 Å². The van der Waals surface area contributed by atoms with Gasteiger partial charge in [0.05, 0.1) is 30.0 Å². The molecule has 0 amide bonds. The lowest BCUT2D eigenvalue weighted by molar-refractivity contribution is -0.148. The zero-order chi connectivity index (χ0) is 8.27. The van der Waals surface area contributed by atoms with Gasteiger partial charge < -0.3 is 5.11 Å². The van der Waals surface area contributed by atoms with Crippen LogP contribution in [0.3, 0.4) is 0 Å². The van der Waals surface area contributed by atoms with E-state index in [1.54, 1.807) is 0 Å². The molecule has 1 heterocycles. The van der Waals surface area contributed by atoms with Crippen LogP contribution >= 0.6 is 11.7 Å². The maximum atomic E-state index is 10.5. The van der Waals surface area contributed by atoms with Crippen LogP contribution in [-0.2, 0) is 16.0 Å². The standard InChI is InChI=1S/C5H4N2O3S/c8-4(5(9)10)1-3-2-6-11-7-3/h2H,1H2,(H,9,10). The van der Waals surface area contributed by atoms with Crippen LogP contribution in [0.25, 0.3) is 0 Å². The fourth-order valence-electron chi connectivity index (χ4n) is 0.502. The van der Waals surface area contributed by atoms with E-state index in [4.69, 9.17) is 5.11 Å². The molecule has 0 bridgehead atoms. The lowest BCUT2D eigenvalue weighted by Crippen LogP contribution is -2.15. The highest BCUT2D eigenvalue weighted by Gasteiger charge is 2.13. The Morgan fingerprint density at radius 1 is 1.64 bits per heavy atom. The van der Waals surface area contributed by atoms with Crippen LogP contribution in [0.15, 0.2) is 6.20 Å². The number of carbonyl (C=O) groups excluding carboxylic acids is 1. The molecule has 1 aromatic heterocycles. The summed E-state index contributed by atoms with van der Waals surface area (Å²) in [6.07, 6.45) is 1.21. The highest BCUT2D eigenvalue weighted by atomic mass is 32.1. The lowest BCUT2D eigenvalue weighted by Gasteiger charge is -1.87. The minimum atomic E-state index is -1.43. The summed E-state index contributed by atoms with van der Waals surface area (Å²) >= 11 is 0.948. The van der Waals surface area contributed by atoms with Gasteiger partial charge in [-0.3, -0.25) is 4.79 Å². The third kappa shape index (κ3) is 2.08. The van der Waals surface area contributed by atoms with Crippen molar-refractivity contribution < 1.29 is 14.7 Å². The zero-order valence-corrected chi connectivity index (χ0v) is 6.17. The van der Waals surface area contributed by atoms with Gasteiger partial charge in [0.1, 0.15) is 0 Å². The molecule has 0 spiro atoms. The molecule has 0 aliphatic carbocycles. The molecule has 0 unspecified atom stereocenters. The Balaban J connectivity index is 2.57. The van der Waals surface area contributed by atoms with Crippen molar-refractivity contribution in [3.63, 3.8) is 0 Å². The topological polar surface area (TPSA) is 80.1 Å². The van der Waals surface area contributed by atoms with Gasteiger partial charge in [-0.25, -0.2) is 4.79 Å². The van der Waals surface area contributed by atoms with Gasteiger partial charge in [-0.1, -0.05) is 0 Å². The first-order chi connectivity index (χ1) is 5.20. The number of rotatable bonds is 3. The average Bonchev–Trinajstić information content (AvgIpc) is 2.39. The molecule has 5 nitrogen and oxygen atoms in total. The van der Waals surface area contributed by atoms with E-state index in [9.17, 15) is 9.59 Å². The maximum Gasteiger partial charge on any atom is 0.372 e. The van der Waals surface area contributed by atoms with Gasteiger partial charge in [0.15, 0.2) is 0 Å². The molecule has 1 rings (SSSR count). The third-order valence-electron chi connectivity index (χ3n) is 0.987. The Morgan fingerprint density at radius 3 is 2.82 bits per heavy atom. The molecule has 0 saturated heterocycles. The van der Waals surface area contributed by atoms with Crippen LogP contribution < -0.4 is 0 Å². The molecular weight excluding hydrogens is 168 g/mol. The average molecular weight is 172 g/mol. The summed E-state index contributed by atoms with van der Waals surface area (Å²) in [4.78, 5) is 20.6. The Labute approximate surface area is 66.0 Å². The van der Waals surface area contributed by atoms with Gasteiger partial charge in [0, 0.05) is 0 Å². The summed E-state index contributed by atoms with van der Waals surface area (Å²) in [5, 5.41) is 8.19. The Morgan fingerprint density at radius 2 is 2.36 bits per heavy atom. The van der Waals surface area contributed by atoms with Crippen LogP contribution in [0.4, 0.5) is 0 Å². The molecule has 0 atom stereocenters. The SMILES string of the molecule is O=C(O)C(=O)Cc1cnsn1. The number of nitrogens with zero attached hydrogens (tertiary/aromatic N) is 2. The molecule has 0 saturated carbocycles. The van der Waals surface area contributed by atoms with Crippen molar-refractivity contribution in [2.75, 3.05) is 0 Å². The van der Waals surface area contributed by atoms with Gasteiger partial charge in [-0.15, -0.1) is 0 Å². The van der Waals surface area contributed by atoms with Crippen LogP contribution in [0, 0.1) is 0 Å². The number of ketones is 1. The van der Waals surface area contributed by atoms with Crippen molar-refractivity contribution in [1.82, 2.24) is 8.75 Å². The van der Waals surface area contributed by atoms with Crippen LogP contribution in [-0.4, -0.2) is 25.6 Å². The number of aliphatic carboxylic acids is 1. The van der Waals surface area contributed by atoms with E-state index in [-0.39, 0.29) is 6.42 Å². The monoisotopic (exact) mass is 172 g/mol. The predicted octanol–water partition coefficient (Wildman–Crippen LogP) is -0.266. The lowest BCUT2D eigenvalue weighted by atomic mass is 10.2. The largest absolute Gasteiger partial charge is 0.475 e. The highest BCUT2D eigenvalue weighted by Crippen LogP contribution is 1.96. The van der Waals surface area contributed by atoms with Crippen LogP contribution in [0.5, 0.6) is 0 Å². The number of Topliss-reactive ketones (excluding diaryl/α,β-unsaturated/α-hetero) is 1. The van der Waals surface area contributed by atoms with Crippen molar-refractivity contribution in [3.8, 4) is 0 Å². The van der Waals surface area contributed by atoms with Gasteiger partial charge in [-0.05, 0) is 0 Å². The van der Waals surface area contributed by atoms with E-state index in [1.807, 2.05) is 0 Å². The maximum absolute atomic E-state index is 10.5. The summed E-state index contributed by atoms with van der Waals surface area (Å²) in [6, 6.07) is 0. The fourth-order valence-corrected chi connectivity index (χ4v) is 0.935. The molecule has 0 aromatic carbocycles. The van der Waals surface area contributed by atoms with Crippen molar-refractivity contribution in [2.24, 2.45) is 0 Å². The van der Waals surface area contributed by atoms with E-state index in [0.717, 1.165) is 11.7 Å². The van der Waals surface area contributed by atoms with Gasteiger partial charge in [-0.2, -0.15) is 8.75 Å². The Bertz CT molecular complexity index is 269. The second kappa shape index (κ2) is 3.20. The minimum absolute atomic E-state index is 0.175. The van der Waals surface area contributed by atoms with Crippen LogP contribution in [0.1, 0.15) is 5.69 Å². The van der Waals surface area contributed by atoms with Gasteiger partial charge in [0.2, 0.25) is 5.78 Å². The fraction of sp³-hybridized carbons (Fsp3) is 0.200. The second-order valence-corrected chi connectivity index (χ2v) is 2.36. The summed E-state index contributed by atoms with van der Waals surface area (Å²) in [6.45, 7) is 0. The van der Waals surface area contributed by atoms with Gasteiger partial charge in [0.25, 0.3) is 0 Å². The number of carboxylic acids is 1. The predicted molar refractivity (Wildman–Crippen MR) is 36.3 cm³/mol. The summed E-state index contributed by atoms with van der Waals surface area (Å²) in [5.74, 6) is -2.30. The number of hydrogen-bond donors (Lipinski definition) is 1. The van der Waals surface area contributed by atoms with Crippen molar-refractivity contribution >= 4 is 23.5 Å². The molecule has 1 aromatic rings. The quantitative estimate of drug-likeness (QED) is 0.635. The summed E-state index contributed by atoms with van der Waals surface area (Å²) in [5.41, 5.74) is 0.405. The third-order valence-corrected chi connectivity index (χ3v) is 1.50. The van der Waals surface area contributed by atoms with E-state index >= 15 is 0 Å². The number of carboxylic acid groups (broad SMARTS) is 1. The van der Waals surface area contributed by atoms with Crippen molar-refractivity contribution in [1.29, 1.82) is 0 Å². The Hall–Kier alpha value is -1.30. The number of hydrogen-bond acceptors (Lipinski definition) is 5. The molecule has 0 fully saturated rings.